The van der Waals surface area contributed by atoms with Crippen LogP contribution in [0.25, 0.3) is 0 Å². The topological polar surface area (TPSA) is 50.4 Å². The molecule has 1 amide bonds. The number of nitrogens with one attached hydrogen (secondary N) is 2. The first-order chi connectivity index (χ1) is 8.37. The van der Waals surface area contributed by atoms with Gasteiger partial charge in [-0.1, -0.05) is 18.2 Å². The van der Waals surface area contributed by atoms with Gasteiger partial charge in [0.05, 0.1) is 0 Å². The zero-order valence-electron chi connectivity index (χ0n) is 11.5. The fourth-order valence-corrected chi connectivity index (χ4v) is 1.39. The van der Waals surface area contributed by atoms with E-state index in [0.29, 0.717) is 6.54 Å². The Morgan fingerprint density at radius 2 is 1.89 bits per heavy atom. The van der Waals surface area contributed by atoms with Crippen molar-refractivity contribution >= 4 is 11.8 Å². The second-order valence-corrected chi connectivity index (χ2v) is 5.29. The lowest BCUT2D eigenvalue weighted by molar-refractivity contribution is 0.0511. The van der Waals surface area contributed by atoms with Crippen molar-refractivity contribution in [1.82, 2.24) is 5.32 Å². The Labute approximate surface area is 109 Å². The summed E-state index contributed by atoms with van der Waals surface area (Å²) >= 11 is 0. The molecular formula is C14H22N2O2. The van der Waals surface area contributed by atoms with Gasteiger partial charge in [0.25, 0.3) is 0 Å². The number of alkyl carbamates (subject to hydrolysis) is 1. The number of carbonyl (C=O) groups excluding carboxylic acids is 1. The minimum absolute atomic E-state index is 0.0000520. The van der Waals surface area contributed by atoms with Crippen LogP contribution >= 0.6 is 0 Å². The van der Waals surface area contributed by atoms with E-state index in [1.807, 2.05) is 58.0 Å². The summed E-state index contributed by atoms with van der Waals surface area (Å²) in [4.78, 5) is 11.5. The maximum atomic E-state index is 11.5. The van der Waals surface area contributed by atoms with Gasteiger partial charge in [0, 0.05) is 18.3 Å². The third-order valence-electron chi connectivity index (χ3n) is 2.15. The van der Waals surface area contributed by atoms with Crippen LogP contribution < -0.4 is 10.6 Å². The zero-order chi connectivity index (χ0) is 13.6. The number of amides is 1. The highest BCUT2D eigenvalue weighted by molar-refractivity contribution is 5.68. The van der Waals surface area contributed by atoms with Gasteiger partial charge in [-0.25, -0.2) is 4.79 Å². The molecule has 1 aromatic carbocycles. The van der Waals surface area contributed by atoms with Crippen LogP contribution in [0, 0.1) is 0 Å². The van der Waals surface area contributed by atoms with Crippen molar-refractivity contribution in [2.75, 3.05) is 11.9 Å². The third kappa shape index (κ3) is 6.13. The molecule has 0 aliphatic rings. The average Bonchev–Trinajstić information content (AvgIpc) is 2.25. The Balaban J connectivity index is 2.29. The molecule has 0 heterocycles. The predicted octanol–water partition coefficient (Wildman–Crippen LogP) is 3.01. The van der Waals surface area contributed by atoms with Gasteiger partial charge in [0.1, 0.15) is 5.60 Å². The van der Waals surface area contributed by atoms with Crippen molar-refractivity contribution in [2.24, 2.45) is 0 Å². The molecule has 0 spiro atoms. The summed E-state index contributed by atoms with van der Waals surface area (Å²) in [6.07, 6.45) is -0.384. The summed E-state index contributed by atoms with van der Waals surface area (Å²) in [7, 11) is 0. The van der Waals surface area contributed by atoms with E-state index in [4.69, 9.17) is 4.74 Å². The van der Waals surface area contributed by atoms with Crippen molar-refractivity contribution in [1.29, 1.82) is 0 Å². The highest BCUT2D eigenvalue weighted by Gasteiger charge is 2.17. The molecule has 1 aromatic rings. The Morgan fingerprint density at radius 3 is 2.44 bits per heavy atom. The molecule has 4 nitrogen and oxygen atoms in total. The number of hydrogen-bond acceptors (Lipinski definition) is 3. The van der Waals surface area contributed by atoms with Crippen molar-refractivity contribution < 1.29 is 9.53 Å². The minimum Gasteiger partial charge on any atom is -0.444 e. The van der Waals surface area contributed by atoms with E-state index >= 15 is 0 Å². The molecule has 100 valence electrons. The summed E-state index contributed by atoms with van der Waals surface area (Å²) in [5.41, 5.74) is 0.576. The van der Waals surface area contributed by atoms with E-state index in [2.05, 4.69) is 10.6 Å². The van der Waals surface area contributed by atoms with Gasteiger partial charge in [-0.15, -0.1) is 0 Å². The summed E-state index contributed by atoms with van der Waals surface area (Å²) in [5, 5.41) is 6.03. The monoisotopic (exact) mass is 250 g/mol. The fraction of sp³-hybridized carbons (Fsp3) is 0.500. The average molecular weight is 250 g/mol. The summed E-state index contributed by atoms with van der Waals surface area (Å²) in [6, 6.07) is 9.87. The van der Waals surface area contributed by atoms with E-state index in [9.17, 15) is 4.79 Å². The van der Waals surface area contributed by atoms with E-state index in [1.54, 1.807) is 0 Å². The summed E-state index contributed by atoms with van der Waals surface area (Å²) < 4.78 is 5.18. The molecule has 0 fully saturated rings. The summed E-state index contributed by atoms with van der Waals surface area (Å²) in [6.45, 7) is 8.13. The first-order valence-electron chi connectivity index (χ1n) is 6.15. The number of carbonyl (C=O) groups is 1. The molecule has 4 heteroatoms. The van der Waals surface area contributed by atoms with Crippen LogP contribution in [0.2, 0.25) is 0 Å². The molecule has 0 bridgehead atoms. The largest absolute Gasteiger partial charge is 0.444 e. The number of para-hydroxylation sites is 1. The molecule has 1 unspecified atom stereocenters. The molecule has 1 rings (SSSR count). The molecule has 0 aliphatic carbocycles. The molecule has 0 radical (unpaired) electrons. The maximum absolute atomic E-state index is 11.5. The first-order valence-corrected chi connectivity index (χ1v) is 6.15. The lowest BCUT2D eigenvalue weighted by Crippen LogP contribution is -2.40. The van der Waals surface area contributed by atoms with Gasteiger partial charge in [0.2, 0.25) is 0 Å². The van der Waals surface area contributed by atoms with Crippen molar-refractivity contribution in [3.63, 3.8) is 0 Å². The Kier molecular flexibility index (Phi) is 5.01. The maximum Gasteiger partial charge on any atom is 0.407 e. The quantitative estimate of drug-likeness (QED) is 0.863. The van der Waals surface area contributed by atoms with Gasteiger partial charge in [-0.3, -0.25) is 0 Å². The third-order valence-corrected chi connectivity index (χ3v) is 2.15. The first kappa shape index (κ1) is 14.4. The van der Waals surface area contributed by atoms with Gasteiger partial charge < -0.3 is 15.4 Å². The second kappa shape index (κ2) is 6.28. The van der Waals surface area contributed by atoms with Crippen LogP contribution in [0.5, 0.6) is 0 Å². The number of hydrogen-bond donors (Lipinski definition) is 2. The lowest BCUT2D eigenvalue weighted by atomic mass is 10.2. The number of rotatable bonds is 4. The van der Waals surface area contributed by atoms with E-state index < -0.39 is 5.60 Å². The molecule has 0 aromatic heterocycles. The number of benzene rings is 1. The van der Waals surface area contributed by atoms with E-state index in [0.717, 1.165) is 5.69 Å². The van der Waals surface area contributed by atoms with Gasteiger partial charge in [0.15, 0.2) is 0 Å². The number of anilines is 1. The van der Waals surface area contributed by atoms with E-state index in [-0.39, 0.29) is 12.1 Å². The van der Waals surface area contributed by atoms with Gasteiger partial charge in [-0.05, 0) is 39.8 Å². The van der Waals surface area contributed by atoms with Crippen molar-refractivity contribution in [3.8, 4) is 0 Å². The Bertz CT molecular complexity index is 371. The standard InChI is InChI=1S/C14H22N2O2/c1-11(16-13(17)18-14(2,3)4)10-15-12-8-6-5-7-9-12/h5-9,11,15H,10H2,1-4H3,(H,16,17). The molecule has 2 N–H and O–H groups in total. The minimum atomic E-state index is -0.462. The van der Waals surface area contributed by atoms with Gasteiger partial charge in [-0.2, -0.15) is 0 Å². The molecular weight excluding hydrogens is 228 g/mol. The molecule has 0 aliphatic heterocycles. The lowest BCUT2D eigenvalue weighted by Gasteiger charge is -2.22. The SMILES string of the molecule is CC(CNc1ccccc1)NC(=O)OC(C)(C)C. The molecule has 0 saturated heterocycles. The van der Waals surface area contributed by atoms with Crippen LogP contribution in [-0.4, -0.2) is 24.3 Å². The molecule has 18 heavy (non-hydrogen) atoms. The van der Waals surface area contributed by atoms with Crippen LogP contribution in [0.15, 0.2) is 30.3 Å². The Morgan fingerprint density at radius 1 is 1.28 bits per heavy atom. The molecule has 0 saturated carbocycles. The summed E-state index contributed by atoms with van der Waals surface area (Å²) in [5.74, 6) is 0. The second-order valence-electron chi connectivity index (χ2n) is 5.29. The van der Waals surface area contributed by atoms with Crippen LogP contribution in [0.1, 0.15) is 27.7 Å². The highest BCUT2D eigenvalue weighted by Crippen LogP contribution is 2.07. The predicted molar refractivity (Wildman–Crippen MR) is 73.8 cm³/mol. The van der Waals surface area contributed by atoms with Crippen molar-refractivity contribution in [2.45, 2.75) is 39.3 Å². The Hall–Kier alpha value is -1.71. The van der Waals surface area contributed by atoms with Crippen LogP contribution in [0.4, 0.5) is 10.5 Å². The highest BCUT2D eigenvalue weighted by atomic mass is 16.6. The van der Waals surface area contributed by atoms with Gasteiger partial charge >= 0.3 is 6.09 Å². The zero-order valence-corrected chi connectivity index (χ0v) is 11.5. The van der Waals surface area contributed by atoms with Crippen molar-refractivity contribution in [3.05, 3.63) is 30.3 Å². The normalized spacial score (nSPS) is 12.7. The smallest absolute Gasteiger partial charge is 0.407 e. The number of ether oxygens (including phenoxy) is 1. The fourth-order valence-electron chi connectivity index (χ4n) is 1.39. The van der Waals surface area contributed by atoms with E-state index in [1.165, 1.54) is 0 Å². The van der Waals surface area contributed by atoms with Crippen LogP contribution in [-0.2, 0) is 4.74 Å². The van der Waals surface area contributed by atoms with Crippen LogP contribution in [0.3, 0.4) is 0 Å². The molecule has 1 atom stereocenters.